The molecule has 0 aliphatic carbocycles. The van der Waals surface area contributed by atoms with Gasteiger partial charge in [-0.2, -0.15) is 0 Å². The van der Waals surface area contributed by atoms with E-state index in [1.165, 1.54) is 36.6 Å². The lowest BCUT2D eigenvalue weighted by Gasteiger charge is -2.19. The smallest absolute Gasteiger partial charge is 0.375 e. The molecule has 3 rings (SSSR count). The molecule has 1 N–H and O–H groups in total. The van der Waals surface area contributed by atoms with Crippen molar-refractivity contribution < 1.29 is 27.9 Å². The van der Waals surface area contributed by atoms with E-state index in [0.717, 1.165) is 12.8 Å². The Morgan fingerprint density at radius 1 is 1.28 bits per heavy atom. The summed E-state index contributed by atoms with van der Waals surface area (Å²) >= 11 is 0. The number of carbonyl (C=O) groups excluding carboxylic acids is 2. The van der Waals surface area contributed by atoms with E-state index >= 15 is 0 Å². The van der Waals surface area contributed by atoms with Gasteiger partial charge in [-0.15, -0.1) is 0 Å². The molecule has 0 bridgehead atoms. The number of halogens is 1. The van der Waals surface area contributed by atoms with Crippen LogP contribution >= 0.6 is 0 Å². The summed E-state index contributed by atoms with van der Waals surface area (Å²) in [6.45, 7) is 1.00. The zero-order valence-electron chi connectivity index (χ0n) is 13.4. The number of ether oxygens (including phenoxy) is 2. The first-order valence-corrected chi connectivity index (χ1v) is 8.03. The van der Waals surface area contributed by atoms with Gasteiger partial charge in [-0.05, 0) is 37.1 Å². The highest BCUT2D eigenvalue weighted by Crippen LogP contribution is 2.21. The fraction of sp³-hybridized carbons (Fsp3) is 0.333. The van der Waals surface area contributed by atoms with Gasteiger partial charge in [0.2, 0.25) is 11.9 Å². The summed E-state index contributed by atoms with van der Waals surface area (Å²) in [6.07, 6.45) is 1.91. The van der Waals surface area contributed by atoms with E-state index in [1.807, 2.05) is 0 Å². The molecule has 1 fully saturated rings. The van der Waals surface area contributed by atoms with E-state index in [-0.39, 0.29) is 11.9 Å². The molecule has 7 heteroatoms. The minimum Gasteiger partial charge on any atom is -0.457 e. The maximum atomic E-state index is 13.1. The predicted octanol–water partition coefficient (Wildman–Crippen LogP) is 2.61. The summed E-state index contributed by atoms with van der Waals surface area (Å²) in [7, 11) is 0. The Kier molecular flexibility index (Phi) is 5.45. The first kappa shape index (κ1) is 17.2. The summed E-state index contributed by atoms with van der Waals surface area (Å²) in [5.41, 5.74) is 0.367. The van der Waals surface area contributed by atoms with Crippen LogP contribution in [0.15, 0.2) is 47.1 Å². The second kappa shape index (κ2) is 7.94. The van der Waals surface area contributed by atoms with Crippen LogP contribution in [0.4, 0.5) is 4.39 Å². The van der Waals surface area contributed by atoms with Gasteiger partial charge in [-0.1, -0.05) is 12.1 Å². The van der Waals surface area contributed by atoms with Crippen LogP contribution in [0.5, 0.6) is 0 Å². The zero-order valence-corrected chi connectivity index (χ0v) is 13.4. The fourth-order valence-electron chi connectivity index (χ4n) is 2.58. The lowest BCUT2D eigenvalue weighted by molar-refractivity contribution is -0.130. The Hall–Kier alpha value is -2.67. The average Bonchev–Trinajstić information content (AvgIpc) is 3.31. The summed E-state index contributed by atoms with van der Waals surface area (Å²) in [5.74, 6) is -1.73. The molecule has 6 nitrogen and oxygen atoms in total. The quantitative estimate of drug-likeness (QED) is 0.813. The Morgan fingerprint density at radius 3 is 2.72 bits per heavy atom. The molecule has 1 aromatic heterocycles. The van der Waals surface area contributed by atoms with Gasteiger partial charge in [0.25, 0.3) is 5.91 Å². The predicted molar refractivity (Wildman–Crippen MR) is 85.2 cm³/mol. The lowest BCUT2D eigenvalue weighted by atomic mass is 10.1. The molecule has 2 heterocycles. The summed E-state index contributed by atoms with van der Waals surface area (Å²) in [5, 5.41) is 2.72. The van der Waals surface area contributed by atoms with Crippen molar-refractivity contribution in [2.45, 2.75) is 25.0 Å². The minimum absolute atomic E-state index is 0.0148. The molecule has 1 saturated heterocycles. The van der Waals surface area contributed by atoms with E-state index in [2.05, 4.69) is 5.32 Å². The molecular weight excluding hydrogens is 329 g/mol. The number of nitrogens with one attached hydrogen (secondary N) is 1. The number of hydrogen-bond acceptors (Lipinski definition) is 5. The van der Waals surface area contributed by atoms with E-state index in [9.17, 15) is 14.0 Å². The number of furan rings is 1. The van der Waals surface area contributed by atoms with Crippen LogP contribution < -0.4 is 5.32 Å². The first-order chi connectivity index (χ1) is 12.1. The van der Waals surface area contributed by atoms with Crippen LogP contribution in [-0.4, -0.2) is 31.1 Å². The van der Waals surface area contributed by atoms with Crippen molar-refractivity contribution in [3.63, 3.8) is 0 Å². The second-order valence-corrected chi connectivity index (χ2v) is 5.69. The van der Waals surface area contributed by atoms with Crippen LogP contribution in [0.3, 0.4) is 0 Å². The molecule has 1 aromatic carbocycles. The third-order valence-electron chi connectivity index (χ3n) is 3.89. The molecule has 1 aliphatic heterocycles. The Balaban J connectivity index is 1.72. The minimum atomic E-state index is -1.21. The monoisotopic (exact) mass is 347 g/mol. The topological polar surface area (TPSA) is 77.8 Å². The van der Waals surface area contributed by atoms with Gasteiger partial charge in [-0.25, -0.2) is 9.18 Å². The van der Waals surface area contributed by atoms with Crippen molar-refractivity contribution in [3.8, 4) is 0 Å². The maximum Gasteiger partial charge on any atom is 0.375 e. The number of esters is 1. The largest absolute Gasteiger partial charge is 0.457 e. The van der Waals surface area contributed by atoms with E-state index < -0.39 is 23.8 Å². The third kappa shape index (κ3) is 4.45. The first-order valence-electron chi connectivity index (χ1n) is 8.03. The van der Waals surface area contributed by atoms with Crippen LogP contribution in [0.1, 0.15) is 35.1 Å². The standard InChI is InChI=1S/C18H18FNO5/c19-13-7-5-12(6-8-13)16(25-18(22)15-4-2-10-24-15)17(21)20-11-14-3-1-9-23-14/h2,4-8,10,14,16H,1,3,9,11H2,(H,20,21)/t14-,16-/m0/s1. The lowest BCUT2D eigenvalue weighted by Crippen LogP contribution is -2.37. The summed E-state index contributed by atoms with van der Waals surface area (Å²) < 4.78 is 28.9. The van der Waals surface area contributed by atoms with Crippen molar-refractivity contribution in [1.29, 1.82) is 0 Å². The number of benzene rings is 1. The Bertz CT molecular complexity index is 708. The fourth-order valence-corrected chi connectivity index (χ4v) is 2.58. The molecule has 0 saturated carbocycles. The van der Waals surface area contributed by atoms with Gasteiger partial charge in [0.1, 0.15) is 5.82 Å². The average molecular weight is 347 g/mol. The van der Waals surface area contributed by atoms with Gasteiger partial charge in [0, 0.05) is 18.7 Å². The normalized spacial score (nSPS) is 17.9. The summed E-state index contributed by atoms with van der Waals surface area (Å²) in [6, 6.07) is 8.20. The number of carbonyl (C=O) groups is 2. The van der Waals surface area contributed by atoms with Crippen LogP contribution in [0.2, 0.25) is 0 Å². The van der Waals surface area contributed by atoms with E-state index in [4.69, 9.17) is 13.9 Å². The van der Waals surface area contributed by atoms with Gasteiger partial charge < -0.3 is 19.2 Å². The number of amides is 1. The molecule has 0 unspecified atom stereocenters. The van der Waals surface area contributed by atoms with Gasteiger partial charge >= 0.3 is 5.97 Å². The van der Waals surface area contributed by atoms with Gasteiger partial charge in [0.15, 0.2) is 0 Å². The van der Waals surface area contributed by atoms with Crippen LogP contribution in [0, 0.1) is 5.82 Å². The highest BCUT2D eigenvalue weighted by atomic mass is 19.1. The zero-order chi connectivity index (χ0) is 17.6. The second-order valence-electron chi connectivity index (χ2n) is 5.69. The highest BCUT2D eigenvalue weighted by molar-refractivity contribution is 5.90. The molecule has 2 aromatic rings. The van der Waals surface area contributed by atoms with Crippen LogP contribution in [-0.2, 0) is 14.3 Å². The number of hydrogen-bond donors (Lipinski definition) is 1. The molecule has 25 heavy (non-hydrogen) atoms. The Morgan fingerprint density at radius 2 is 2.08 bits per heavy atom. The molecular formula is C18H18FNO5. The SMILES string of the molecule is O=C(O[C@H](C(=O)NC[C@@H]1CCCO1)c1ccc(F)cc1)c1ccco1. The van der Waals surface area contributed by atoms with Crippen molar-refractivity contribution in [1.82, 2.24) is 5.32 Å². The number of rotatable bonds is 6. The van der Waals surface area contributed by atoms with Gasteiger partial charge in [-0.3, -0.25) is 4.79 Å². The molecule has 2 atom stereocenters. The molecule has 0 spiro atoms. The van der Waals surface area contributed by atoms with Crippen LogP contribution in [0.25, 0.3) is 0 Å². The molecule has 132 valence electrons. The molecule has 1 aliphatic rings. The maximum absolute atomic E-state index is 13.1. The van der Waals surface area contributed by atoms with E-state index in [1.54, 1.807) is 6.07 Å². The van der Waals surface area contributed by atoms with Crippen molar-refractivity contribution in [2.24, 2.45) is 0 Å². The van der Waals surface area contributed by atoms with E-state index in [0.29, 0.717) is 18.7 Å². The molecule has 0 radical (unpaired) electrons. The third-order valence-corrected chi connectivity index (χ3v) is 3.89. The van der Waals surface area contributed by atoms with Crippen molar-refractivity contribution in [3.05, 3.63) is 59.8 Å². The Labute approximate surface area is 143 Å². The van der Waals surface area contributed by atoms with Crippen molar-refractivity contribution >= 4 is 11.9 Å². The van der Waals surface area contributed by atoms with Crippen molar-refractivity contribution in [2.75, 3.05) is 13.2 Å². The summed E-state index contributed by atoms with van der Waals surface area (Å²) in [4.78, 5) is 24.6. The van der Waals surface area contributed by atoms with Gasteiger partial charge in [0.05, 0.1) is 12.4 Å². The molecule has 1 amide bonds. The highest BCUT2D eigenvalue weighted by Gasteiger charge is 2.28.